The molecule has 8 heteroatoms. The molecule has 2 amide bonds. The smallest absolute Gasteiger partial charge is 0.365 e. The number of amides is 2. The van der Waals surface area contributed by atoms with Crippen molar-refractivity contribution in [2.24, 2.45) is 0 Å². The quantitative estimate of drug-likeness (QED) is 0.850. The van der Waals surface area contributed by atoms with Gasteiger partial charge < -0.3 is 14.9 Å². The van der Waals surface area contributed by atoms with Gasteiger partial charge in [-0.3, -0.25) is 9.59 Å². The normalized spacial score (nSPS) is 15.8. The second-order valence-electron chi connectivity index (χ2n) is 4.51. The molecule has 0 aromatic carbocycles. The number of aromatic nitrogens is 1. The highest BCUT2D eigenvalue weighted by atomic mass is 32.1. The number of piperazine rings is 1. The van der Waals surface area contributed by atoms with E-state index in [2.05, 4.69) is 4.98 Å². The van der Waals surface area contributed by atoms with Crippen molar-refractivity contribution in [1.82, 2.24) is 14.8 Å². The van der Waals surface area contributed by atoms with Gasteiger partial charge in [-0.05, 0) is 6.42 Å². The topological polar surface area (TPSA) is 90.8 Å². The molecule has 0 aliphatic carbocycles. The molecule has 1 aliphatic heterocycles. The van der Waals surface area contributed by atoms with E-state index in [4.69, 9.17) is 5.11 Å². The highest BCUT2D eigenvalue weighted by Gasteiger charge is 2.29. The maximum atomic E-state index is 12.0. The zero-order valence-electron chi connectivity index (χ0n) is 11.0. The first-order valence-electron chi connectivity index (χ1n) is 6.24. The van der Waals surface area contributed by atoms with E-state index in [1.807, 2.05) is 6.92 Å². The van der Waals surface area contributed by atoms with Crippen LogP contribution in [0.3, 0.4) is 0 Å². The molecular formula is C12H15N3O4S. The number of aromatic carboxylic acids is 1. The molecule has 0 spiro atoms. The average molecular weight is 297 g/mol. The Kier molecular flexibility index (Phi) is 4.33. The lowest BCUT2D eigenvalue weighted by Gasteiger charge is -2.33. The summed E-state index contributed by atoms with van der Waals surface area (Å²) in [5, 5.41) is 10.4. The first-order chi connectivity index (χ1) is 9.51. The lowest BCUT2D eigenvalue weighted by molar-refractivity contribution is -0.150. The van der Waals surface area contributed by atoms with Gasteiger partial charge in [-0.15, -0.1) is 11.3 Å². The van der Waals surface area contributed by atoms with Crippen LogP contribution in [0.1, 0.15) is 28.8 Å². The fourth-order valence-electron chi connectivity index (χ4n) is 1.99. The van der Waals surface area contributed by atoms with Crippen LogP contribution in [0.2, 0.25) is 0 Å². The highest BCUT2D eigenvalue weighted by Crippen LogP contribution is 2.14. The zero-order valence-corrected chi connectivity index (χ0v) is 11.9. The Morgan fingerprint density at radius 2 is 2.00 bits per heavy atom. The summed E-state index contributed by atoms with van der Waals surface area (Å²) in [4.78, 5) is 41.4. The van der Waals surface area contributed by atoms with Crippen molar-refractivity contribution in [3.8, 4) is 0 Å². The van der Waals surface area contributed by atoms with Gasteiger partial charge in [0.05, 0.1) is 18.8 Å². The summed E-state index contributed by atoms with van der Waals surface area (Å²) in [5.41, 5.74) is 0.498. The highest BCUT2D eigenvalue weighted by molar-refractivity contribution is 7.11. The molecule has 0 bridgehead atoms. The number of hydrogen-bond donors (Lipinski definition) is 1. The molecule has 1 N–H and O–H groups in total. The van der Waals surface area contributed by atoms with Crippen molar-refractivity contribution < 1.29 is 19.5 Å². The van der Waals surface area contributed by atoms with Crippen molar-refractivity contribution in [3.05, 3.63) is 16.1 Å². The van der Waals surface area contributed by atoms with E-state index in [0.717, 1.165) is 17.8 Å². The molecule has 1 fully saturated rings. The van der Waals surface area contributed by atoms with Gasteiger partial charge >= 0.3 is 5.97 Å². The van der Waals surface area contributed by atoms with Crippen molar-refractivity contribution >= 4 is 29.1 Å². The third-order valence-corrected chi connectivity index (χ3v) is 3.82. The minimum Gasteiger partial charge on any atom is -0.476 e. The summed E-state index contributed by atoms with van der Waals surface area (Å²) < 4.78 is 0. The molecule has 2 heterocycles. The number of thiazole rings is 1. The third kappa shape index (κ3) is 3.13. The Bertz CT molecular complexity index is 543. The predicted octanol–water partition coefficient (Wildman–Crippen LogP) is 0.422. The Morgan fingerprint density at radius 1 is 1.35 bits per heavy atom. The Hall–Kier alpha value is -1.96. The number of rotatable bonds is 5. The number of carbonyl (C=O) groups excluding carboxylic acids is 2. The summed E-state index contributed by atoms with van der Waals surface area (Å²) >= 11 is 1.01. The van der Waals surface area contributed by atoms with E-state index in [9.17, 15) is 14.4 Å². The van der Waals surface area contributed by atoms with Crippen LogP contribution in [0.4, 0.5) is 0 Å². The number of carboxylic acids is 1. The van der Waals surface area contributed by atoms with E-state index in [0.29, 0.717) is 12.2 Å². The lowest BCUT2D eigenvalue weighted by atomic mass is 10.2. The molecule has 0 saturated carbocycles. The van der Waals surface area contributed by atoms with Gasteiger partial charge in [-0.2, -0.15) is 0 Å². The van der Waals surface area contributed by atoms with E-state index < -0.39 is 5.97 Å². The first-order valence-corrected chi connectivity index (χ1v) is 7.12. The summed E-state index contributed by atoms with van der Waals surface area (Å²) in [6.07, 6.45) is 0.813. The lowest BCUT2D eigenvalue weighted by Crippen LogP contribution is -2.53. The minimum atomic E-state index is -1.09. The number of hydrogen-bond acceptors (Lipinski definition) is 5. The fraction of sp³-hybridized carbons (Fsp3) is 0.500. The van der Waals surface area contributed by atoms with Gasteiger partial charge in [0.2, 0.25) is 16.8 Å². The Balaban J connectivity index is 2.01. The van der Waals surface area contributed by atoms with Gasteiger partial charge in [0.1, 0.15) is 6.54 Å². The van der Waals surface area contributed by atoms with Gasteiger partial charge in [-0.1, -0.05) is 6.92 Å². The predicted molar refractivity (Wildman–Crippen MR) is 71.4 cm³/mol. The van der Waals surface area contributed by atoms with E-state index in [1.165, 1.54) is 4.90 Å². The molecule has 108 valence electrons. The average Bonchev–Trinajstić information content (AvgIpc) is 2.84. The van der Waals surface area contributed by atoms with Crippen LogP contribution in [0.15, 0.2) is 5.38 Å². The SMILES string of the molecule is CCCN1CC(=O)N(Cc2csc(C(=O)O)n2)CC1=O. The molecule has 0 atom stereocenters. The van der Waals surface area contributed by atoms with Crippen LogP contribution in [-0.2, 0) is 16.1 Å². The minimum absolute atomic E-state index is 0.0107. The van der Waals surface area contributed by atoms with Crippen LogP contribution in [0.5, 0.6) is 0 Å². The Labute approximate surface area is 119 Å². The summed E-state index contributed by atoms with van der Waals surface area (Å²) in [5.74, 6) is -1.31. The first kappa shape index (κ1) is 14.4. The van der Waals surface area contributed by atoms with Crippen LogP contribution >= 0.6 is 11.3 Å². The van der Waals surface area contributed by atoms with Crippen molar-refractivity contribution in [2.75, 3.05) is 19.6 Å². The molecule has 1 aromatic heterocycles. The zero-order chi connectivity index (χ0) is 14.7. The van der Waals surface area contributed by atoms with E-state index in [1.54, 1.807) is 10.3 Å². The van der Waals surface area contributed by atoms with Gasteiger partial charge in [0.15, 0.2) is 0 Å². The Morgan fingerprint density at radius 3 is 2.60 bits per heavy atom. The van der Waals surface area contributed by atoms with E-state index >= 15 is 0 Å². The molecule has 1 aliphatic rings. The molecule has 1 aromatic rings. The number of nitrogens with zero attached hydrogens (tertiary/aromatic N) is 3. The second kappa shape index (κ2) is 6.00. The van der Waals surface area contributed by atoms with Gasteiger partial charge in [0.25, 0.3) is 0 Å². The van der Waals surface area contributed by atoms with Gasteiger partial charge in [-0.25, -0.2) is 9.78 Å². The standard InChI is InChI=1S/C12H15N3O4S/c1-2-3-14-5-10(17)15(6-9(14)16)4-8-7-20-11(13-8)12(18)19/h7H,2-6H2,1H3,(H,18,19). The molecule has 7 nitrogen and oxygen atoms in total. The number of carboxylic acid groups (broad SMARTS) is 1. The van der Waals surface area contributed by atoms with Crippen molar-refractivity contribution in [3.63, 3.8) is 0 Å². The maximum Gasteiger partial charge on any atom is 0.365 e. The van der Waals surface area contributed by atoms with Crippen LogP contribution in [0, 0.1) is 0 Å². The summed E-state index contributed by atoms with van der Waals surface area (Å²) in [7, 11) is 0. The molecule has 20 heavy (non-hydrogen) atoms. The molecule has 2 rings (SSSR count). The van der Waals surface area contributed by atoms with Crippen LogP contribution in [-0.4, -0.2) is 57.3 Å². The maximum absolute atomic E-state index is 12.0. The van der Waals surface area contributed by atoms with Crippen LogP contribution < -0.4 is 0 Å². The third-order valence-electron chi connectivity index (χ3n) is 2.94. The van der Waals surface area contributed by atoms with Gasteiger partial charge in [0, 0.05) is 11.9 Å². The molecule has 1 saturated heterocycles. The van der Waals surface area contributed by atoms with Crippen molar-refractivity contribution in [2.45, 2.75) is 19.9 Å². The molecule has 0 radical (unpaired) electrons. The molecular weight excluding hydrogens is 282 g/mol. The summed E-state index contributed by atoms with van der Waals surface area (Å²) in [6, 6.07) is 0. The second-order valence-corrected chi connectivity index (χ2v) is 5.37. The summed E-state index contributed by atoms with van der Waals surface area (Å²) in [6.45, 7) is 2.82. The fourth-order valence-corrected chi connectivity index (χ4v) is 2.64. The largest absolute Gasteiger partial charge is 0.476 e. The molecule has 0 unspecified atom stereocenters. The van der Waals surface area contributed by atoms with E-state index in [-0.39, 0.29) is 36.5 Å². The monoisotopic (exact) mass is 297 g/mol. The van der Waals surface area contributed by atoms with Crippen molar-refractivity contribution in [1.29, 1.82) is 0 Å². The van der Waals surface area contributed by atoms with Crippen LogP contribution in [0.25, 0.3) is 0 Å². The number of carbonyl (C=O) groups is 3.